The van der Waals surface area contributed by atoms with E-state index in [4.69, 9.17) is 4.74 Å². The van der Waals surface area contributed by atoms with Crippen LogP contribution in [0.25, 0.3) is 0 Å². The average molecular weight is 305 g/mol. The van der Waals surface area contributed by atoms with Crippen LogP contribution in [0.15, 0.2) is 24.3 Å². The Balaban J connectivity index is 1.79. The quantitative estimate of drug-likeness (QED) is 0.843. The number of amides is 3. The zero-order chi connectivity index (χ0) is 16.1. The first-order valence-electron chi connectivity index (χ1n) is 7.41. The van der Waals surface area contributed by atoms with Gasteiger partial charge >= 0.3 is 6.03 Å². The summed E-state index contributed by atoms with van der Waals surface area (Å²) >= 11 is 0. The summed E-state index contributed by atoms with van der Waals surface area (Å²) in [6.45, 7) is 4.24. The molecule has 1 aliphatic heterocycles. The summed E-state index contributed by atoms with van der Waals surface area (Å²) in [5, 5.41) is 0. The number of aryl methyl sites for hydroxylation is 1. The molecule has 2 rings (SSSR count). The molecule has 0 aliphatic carbocycles. The van der Waals surface area contributed by atoms with Crippen molar-refractivity contribution in [1.29, 1.82) is 0 Å². The van der Waals surface area contributed by atoms with Gasteiger partial charge in [-0.15, -0.1) is 0 Å². The van der Waals surface area contributed by atoms with Crippen LogP contribution in [-0.2, 0) is 4.79 Å². The minimum absolute atomic E-state index is 0.0110. The molecule has 0 N–H and O–H groups in total. The SMILES string of the molecule is Cc1cccc(OCC(=O)N2CCN(C(=O)N(C)C)CC2)c1. The number of urea groups is 1. The molecule has 0 radical (unpaired) electrons. The van der Waals surface area contributed by atoms with E-state index in [1.54, 1.807) is 28.8 Å². The lowest BCUT2D eigenvalue weighted by atomic mass is 10.2. The minimum Gasteiger partial charge on any atom is -0.484 e. The van der Waals surface area contributed by atoms with Crippen molar-refractivity contribution in [3.8, 4) is 5.75 Å². The number of carbonyl (C=O) groups is 2. The minimum atomic E-state index is -0.0431. The van der Waals surface area contributed by atoms with Crippen molar-refractivity contribution in [1.82, 2.24) is 14.7 Å². The maximum Gasteiger partial charge on any atom is 0.319 e. The molecule has 6 nitrogen and oxygen atoms in total. The second kappa shape index (κ2) is 7.15. The van der Waals surface area contributed by atoms with E-state index in [1.165, 1.54) is 0 Å². The highest BCUT2D eigenvalue weighted by Crippen LogP contribution is 2.12. The van der Waals surface area contributed by atoms with Crippen LogP contribution in [0.4, 0.5) is 4.79 Å². The van der Waals surface area contributed by atoms with E-state index in [2.05, 4.69) is 0 Å². The molecular formula is C16H23N3O3. The molecular weight excluding hydrogens is 282 g/mol. The molecule has 6 heteroatoms. The van der Waals surface area contributed by atoms with Crippen molar-refractivity contribution < 1.29 is 14.3 Å². The number of hydrogen-bond acceptors (Lipinski definition) is 3. The Morgan fingerprint density at radius 1 is 1.14 bits per heavy atom. The molecule has 22 heavy (non-hydrogen) atoms. The van der Waals surface area contributed by atoms with Crippen LogP contribution < -0.4 is 4.74 Å². The zero-order valence-electron chi connectivity index (χ0n) is 13.4. The first-order valence-corrected chi connectivity index (χ1v) is 7.41. The number of carbonyl (C=O) groups excluding carboxylic acids is 2. The summed E-state index contributed by atoms with van der Waals surface area (Å²) in [6, 6.07) is 7.62. The summed E-state index contributed by atoms with van der Waals surface area (Å²) < 4.78 is 5.53. The van der Waals surface area contributed by atoms with Gasteiger partial charge in [-0.05, 0) is 24.6 Å². The van der Waals surface area contributed by atoms with Gasteiger partial charge in [0, 0.05) is 40.3 Å². The normalized spacial score (nSPS) is 14.7. The van der Waals surface area contributed by atoms with Crippen LogP contribution in [0, 0.1) is 6.92 Å². The van der Waals surface area contributed by atoms with E-state index in [0.717, 1.165) is 5.56 Å². The van der Waals surface area contributed by atoms with E-state index in [9.17, 15) is 9.59 Å². The highest BCUT2D eigenvalue weighted by molar-refractivity contribution is 5.78. The molecule has 0 aromatic heterocycles. The fraction of sp³-hybridized carbons (Fsp3) is 0.500. The van der Waals surface area contributed by atoms with E-state index in [-0.39, 0.29) is 18.5 Å². The molecule has 0 spiro atoms. The Morgan fingerprint density at radius 2 is 1.77 bits per heavy atom. The van der Waals surface area contributed by atoms with Crippen LogP contribution in [0.3, 0.4) is 0 Å². The number of rotatable bonds is 3. The van der Waals surface area contributed by atoms with Crippen molar-refractivity contribution >= 4 is 11.9 Å². The van der Waals surface area contributed by atoms with Crippen LogP contribution >= 0.6 is 0 Å². The smallest absolute Gasteiger partial charge is 0.319 e. The molecule has 120 valence electrons. The standard InChI is InChI=1S/C16H23N3O3/c1-13-5-4-6-14(11-13)22-12-15(20)18-7-9-19(10-8-18)16(21)17(2)3/h4-6,11H,7-10,12H2,1-3H3. The summed E-state index contributed by atoms with van der Waals surface area (Å²) in [4.78, 5) is 29.0. The summed E-state index contributed by atoms with van der Waals surface area (Å²) in [7, 11) is 3.46. The van der Waals surface area contributed by atoms with Crippen molar-refractivity contribution in [3.63, 3.8) is 0 Å². The van der Waals surface area contributed by atoms with Gasteiger partial charge in [-0.25, -0.2) is 4.79 Å². The van der Waals surface area contributed by atoms with Gasteiger partial charge in [0.1, 0.15) is 5.75 Å². The van der Waals surface area contributed by atoms with Gasteiger partial charge in [-0.1, -0.05) is 12.1 Å². The van der Waals surface area contributed by atoms with E-state index in [0.29, 0.717) is 31.9 Å². The second-order valence-corrected chi connectivity index (χ2v) is 5.65. The van der Waals surface area contributed by atoms with E-state index in [1.807, 2.05) is 31.2 Å². The Hall–Kier alpha value is -2.24. The fourth-order valence-electron chi connectivity index (χ4n) is 2.37. The Bertz CT molecular complexity index is 537. The second-order valence-electron chi connectivity index (χ2n) is 5.65. The topological polar surface area (TPSA) is 53.1 Å². The number of ether oxygens (including phenoxy) is 1. The van der Waals surface area contributed by atoms with Crippen LogP contribution in [0.2, 0.25) is 0 Å². The van der Waals surface area contributed by atoms with Gasteiger partial charge in [0.2, 0.25) is 0 Å². The molecule has 3 amide bonds. The predicted molar refractivity (Wildman–Crippen MR) is 83.9 cm³/mol. The Morgan fingerprint density at radius 3 is 2.36 bits per heavy atom. The van der Waals surface area contributed by atoms with Crippen LogP contribution in [0.5, 0.6) is 5.75 Å². The first kappa shape index (κ1) is 16.1. The molecule has 1 aromatic carbocycles. The Labute approximate surface area is 131 Å². The van der Waals surface area contributed by atoms with E-state index < -0.39 is 0 Å². The third-order valence-corrected chi connectivity index (χ3v) is 3.64. The predicted octanol–water partition coefficient (Wildman–Crippen LogP) is 1.20. The number of hydrogen-bond donors (Lipinski definition) is 0. The summed E-state index contributed by atoms with van der Waals surface area (Å²) in [6.07, 6.45) is 0. The lowest BCUT2D eigenvalue weighted by molar-refractivity contribution is -0.134. The number of nitrogens with zero attached hydrogens (tertiary/aromatic N) is 3. The van der Waals surface area contributed by atoms with Crippen molar-refractivity contribution in [3.05, 3.63) is 29.8 Å². The first-order chi connectivity index (χ1) is 10.5. The number of benzene rings is 1. The molecule has 1 aromatic rings. The Kier molecular flexibility index (Phi) is 5.25. The molecule has 0 saturated carbocycles. The average Bonchev–Trinajstić information content (AvgIpc) is 2.52. The maximum absolute atomic E-state index is 12.2. The zero-order valence-corrected chi connectivity index (χ0v) is 13.4. The molecule has 1 fully saturated rings. The lowest BCUT2D eigenvalue weighted by Gasteiger charge is -2.35. The summed E-state index contributed by atoms with van der Waals surface area (Å²) in [5.41, 5.74) is 1.10. The highest BCUT2D eigenvalue weighted by atomic mass is 16.5. The number of piperazine rings is 1. The molecule has 1 saturated heterocycles. The van der Waals surface area contributed by atoms with Crippen molar-refractivity contribution in [2.24, 2.45) is 0 Å². The molecule has 0 atom stereocenters. The molecule has 1 aliphatic rings. The van der Waals surface area contributed by atoms with Gasteiger partial charge in [-0.2, -0.15) is 0 Å². The largest absolute Gasteiger partial charge is 0.484 e. The fourth-order valence-corrected chi connectivity index (χ4v) is 2.37. The van der Waals surface area contributed by atoms with Gasteiger partial charge in [0.05, 0.1) is 0 Å². The molecule has 0 unspecified atom stereocenters. The van der Waals surface area contributed by atoms with E-state index >= 15 is 0 Å². The van der Waals surface area contributed by atoms with Crippen molar-refractivity contribution in [2.45, 2.75) is 6.92 Å². The van der Waals surface area contributed by atoms with Gasteiger partial charge in [0.15, 0.2) is 6.61 Å². The lowest BCUT2D eigenvalue weighted by Crippen LogP contribution is -2.53. The highest BCUT2D eigenvalue weighted by Gasteiger charge is 2.24. The monoisotopic (exact) mass is 305 g/mol. The molecule has 0 bridgehead atoms. The third-order valence-electron chi connectivity index (χ3n) is 3.64. The van der Waals surface area contributed by atoms with Crippen LogP contribution in [0.1, 0.15) is 5.56 Å². The van der Waals surface area contributed by atoms with Gasteiger partial charge < -0.3 is 19.4 Å². The van der Waals surface area contributed by atoms with Crippen LogP contribution in [-0.4, -0.2) is 73.5 Å². The van der Waals surface area contributed by atoms with Gasteiger partial charge in [-0.3, -0.25) is 4.79 Å². The van der Waals surface area contributed by atoms with Crippen molar-refractivity contribution in [2.75, 3.05) is 46.9 Å². The summed E-state index contributed by atoms with van der Waals surface area (Å²) in [5.74, 6) is 0.660. The van der Waals surface area contributed by atoms with Gasteiger partial charge in [0.25, 0.3) is 5.91 Å². The molecule has 1 heterocycles. The maximum atomic E-state index is 12.2. The third kappa shape index (κ3) is 4.13.